The van der Waals surface area contributed by atoms with Crippen molar-refractivity contribution in [2.45, 2.75) is 25.0 Å². The van der Waals surface area contributed by atoms with E-state index >= 15 is 0 Å². The molecule has 0 saturated carbocycles. The van der Waals surface area contributed by atoms with E-state index in [-0.39, 0.29) is 35.3 Å². The molecule has 6 heteroatoms. The first kappa shape index (κ1) is 14.0. The van der Waals surface area contributed by atoms with Crippen LogP contribution >= 0.6 is 0 Å². The molecule has 0 radical (unpaired) electrons. The van der Waals surface area contributed by atoms with Crippen molar-refractivity contribution in [2.75, 3.05) is 14.1 Å². The van der Waals surface area contributed by atoms with E-state index in [1.54, 1.807) is 25.1 Å². The highest BCUT2D eigenvalue weighted by Gasteiger charge is 2.48. The quantitative estimate of drug-likeness (QED) is 0.532. The number of carbonyl (C=O) groups is 1. The molecule has 0 saturated heterocycles. The molecule has 2 rings (SSSR count). The Hall–Kier alpha value is -1.37. The third kappa shape index (κ3) is 2.27. The number of amides is 1. The van der Waals surface area contributed by atoms with Crippen LogP contribution in [0.4, 0.5) is 0 Å². The molecule has 0 aromatic rings. The summed E-state index contributed by atoms with van der Waals surface area (Å²) in [5.74, 6) is -0.931. The van der Waals surface area contributed by atoms with Gasteiger partial charge in [-0.2, -0.15) is 0 Å². The van der Waals surface area contributed by atoms with Gasteiger partial charge in [0.2, 0.25) is 0 Å². The van der Waals surface area contributed by atoms with Gasteiger partial charge in [0.15, 0.2) is 0 Å². The highest BCUT2D eigenvalue weighted by molar-refractivity contribution is 5.86. The van der Waals surface area contributed by atoms with Gasteiger partial charge >= 0.3 is 5.91 Å². The highest BCUT2D eigenvalue weighted by atomic mass is 16.3. The minimum atomic E-state index is -0.642. The summed E-state index contributed by atoms with van der Waals surface area (Å²) in [5.41, 5.74) is 3.59. The Morgan fingerprint density at radius 2 is 2.05 bits per heavy atom. The second-order valence-corrected chi connectivity index (χ2v) is 5.52. The van der Waals surface area contributed by atoms with E-state index in [1.165, 1.54) is 0 Å². The Morgan fingerprint density at radius 3 is 2.58 bits per heavy atom. The van der Waals surface area contributed by atoms with Crippen molar-refractivity contribution >= 4 is 5.91 Å². The highest BCUT2D eigenvalue weighted by Crippen LogP contribution is 2.43. The van der Waals surface area contributed by atoms with Gasteiger partial charge < -0.3 is 15.3 Å². The molecule has 0 aliphatic heterocycles. The SMILES string of the molecule is CN(C)C1C(O)=C(C([NH3+])=O)CC2C(O)=CCC(O)C21. The fourth-order valence-electron chi connectivity index (χ4n) is 3.22. The van der Waals surface area contributed by atoms with Crippen LogP contribution in [0.2, 0.25) is 0 Å². The summed E-state index contributed by atoms with van der Waals surface area (Å²) in [6.45, 7) is 0. The molecule has 19 heavy (non-hydrogen) atoms. The fraction of sp³-hybridized carbons (Fsp3) is 0.615. The van der Waals surface area contributed by atoms with E-state index < -0.39 is 18.1 Å². The number of rotatable bonds is 2. The molecule has 0 bridgehead atoms. The van der Waals surface area contributed by atoms with E-state index in [0.717, 1.165) is 0 Å². The zero-order valence-electron chi connectivity index (χ0n) is 11.2. The first-order valence-corrected chi connectivity index (χ1v) is 6.36. The van der Waals surface area contributed by atoms with E-state index in [4.69, 9.17) is 0 Å². The number of hydrogen-bond acceptors (Lipinski definition) is 5. The van der Waals surface area contributed by atoms with Crippen LogP contribution in [0.5, 0.6) is 0 Å². The minimum Gasteiger partial charge on any atom is -0.512 e. The molecule has 4 unspecified atom stereocenters. The Morgan fingerprint density at radius 1 is 1.42 bits per heavy atom. The number of quaternary nitrogens is 1. The summed E-state index contributed by atoms with van der Waals surface area (Å²) >= 11 is 0. The first-order valence-electron chi connectivity index (χ1n) is 6.36. The van der Waals surface area contributed by atoms with Gasteiger partial charge in [0, 0.05) is 11.8 Å². The smallest absolute Gasteiger partial charge is 0.340 e. The summed E-state index contributed by atoms with van der Waals surface area (Å²) in [5, 5.41) is 30.4. The van der Waals surface area contributed by atoms with Crippen LogP contribution in [0.3, 0.4) is 0 Å². The lowest BCUT2D eigenvalue weighted by atomic mass is 9.68. The van der Waals surface area contributed by atoms with Crippen molar-refractivity contribution in [1.82, 2.24) is 4.90 Å². The topological polar surface area (TPSA) is 109 Å². The number of aliphatic hydroxyl groups excluding tert-OH is 3. The molecule has 0 spiro atoms. The van der Waals surface area contributed by atoms with Gasteiger partial charge in [-0.05, 0) is 33.0 Å². The molecule has 1 amide bonds. The summed E-state index contributed by atoms with van der Waals surface area (Å²) < 4.78 is 0. The molecule has 6 N–H and O–H groups in total. The van der Waals surface area contributed by atoms with E-state index in [2.05, 4.69) is 5.73 Å². The number of fused-ring (bicyclic) bond motifs is 1. The maximum Gasteiger partial charge on any atom is 0.340 e. The zero-order chi connectivity index (χ0) is 14.3. The maximum absolute atomic E-state index is 11.5. The molecular formula is C13H21N2O4+. The molecule has 0 aromatic heterocycles. The molecule has 0 heterocycles. The monoisotopic (exact) mass is 269 g/mol. The van der Waals surface area contributed by atoms with Gasteiger partial charge in [-0.1, -0.05) is 0 Å². The van der Waals surface area contributed by atoms with Crippen LogP contribution in [0.1, 0.15) is 12.8 Å². The van der Waals surface area contributed by atoms with Crippen LogP contribution in [0.25, 0.3) is 0 Å². The van der Waals surface area contributed by atoms with Crippen LogP contribution in [0.15, 0.2) is 23.2 Å². The second kappa shape index (κ2) is 4.96. The molecule has 0 fully saturated rings. The Balaban J connectivity index is 2.50. The average molecular weight is 269 g/mol. The second-order valence-electron chi connectivity index (χ2n) is 5.52. The molecule has 6 nitrogen and oxygen atoms in total. The number of nitrogens with zero attached hydrogens (tertiary/aromatic N) is 1. The van der Waals surface area contributed by atoms with Gasteiger partial charge in [-0.25, -0.2) is 4.79 Å². The molecule has 106 valence electrons. The summed E-state index contributed by atoms with van der Waals surface area (Å²) in [6.07, 6.45) is 1.53. The lowest BCUT2D eigenvalue weighted by Crippen LogP contribution is -2.60. The summed E-state index contributed by atoms with van der Waals surface area (Å²) in [7, 11) is 3.55. The predicted molar refractivity (Wildman–Crippen MR) is 68.0 cm³/mol. The Kier molecular flexibility index (Phi) is 3.66. The number of aliphatic hydroxyl groups is 3. The van der Waals surface area contributed by atoms with E-state index in [1.807, 2.05) is 0 Å². The fourth-order valence-corrected chi connectivity index (χ4v) is 3.22. The molecule has 2 aliphatic carbocycles. The Bertz CT molecular complexity index is 456. The Labute approximate surface area is 111 Å². The van der Waals surface area contributed by atoms with Gasteiger partial charge in [-0.15, -0.1) is 0 Å². The molecular weight excluding hydrogens is 248 g/mol. The number of allylic oxidation sites excluding steroid dienone is 1. The third-order valence-corrected chi connectivity index (χ3v) is 4.13. The lowest BCUT2D eigenvalue weighted by molar-refractivity contribution is -0.300. The van der Waals surface area contributed by atoms with Crippen molar-refractivity contribution in [3.05, 3.63) is 23.2 Å². The predicted octanol–water partition coefficient (Wildman–Crippen LogP) is -0.660. The van der Waals surface area contributed by atoms with Crippen molar-refractivity contribution in [3.8, 4) is 0 Å². The van der Waals surface area contributed by atoms with Crippen molar-refractivity contribution < 1.29 is 25.8 Å². The molecule has 4 atom stereocenters. The van der Waals surface area contributed by atoms with Crippen LogP contribution < -0.4 is 5.73 Å². The number of likely N-dealkylation sites (N-methyl/N-ethyl adjacent to an activating group) is 1. The van der Waals surface area contributed by atoms with Gasteiger partial charge in [-0.3, -0.25) is 10.6 Å². The van der Waals surface area contributed by atoms with Crippen LogP contribution in [-0.2, 0) is 4.79 Å². The third-order valence-electron chi connectivity index (χ3n) is 4.13. The lowest BCUT2D eigenvalue weighted by Gasteiger charge is -2.44. The standard InChI is InChI=1S/C13H20N2O4/c1-15(2)11-10-6(8(16)3-4-9(10)17)5-7(12(11)18)13(14)19/h3,6,9-11,16-18H,4-5H2,1-2H3,(H2,14,19)/p+1. The maximum atomic E-state index is 11.5. The minimum absolute atomic E-state index is 0.0278. The largest absolute Gasteiger partial charge is 0.512 e. The van der Waals surface area contributed by atoms with Gasteiger partial charge in [0.25, 0.3) is 0 Å². The van der Waals surface area contributed by atoms with Crippen molar-refractivity contribution in [3.63, 3.8) is 0 Å². The zero-order valence-corrected chi connectivity index (χ0v) is 11.2. The van der Waals surface area contributed by atoms with Crippen LogP contribution in [0, 0.1) is 11.8 Å². The van der Waals surface area contributed by atoms with Gasteiger partial charge in [0.1, 0.15) is 5.76 Å². The van der Waals surface area contributed by atoms with Crippen LogP contribution in [-0.4, -0.2) is 52.4 Å². The molecule has 0 aromatic carbocycles. The van der Waals surface area contributed by atoms with Crippen molar-refractivity contribution in [2.24, 2.45) is 11.8 Å². The van der Waals surface area contributed by atoms with Gasteiger partial charge in [0.05, 0.1) is 23.5 Å². The first-order chi connectivity index (χ1) is 8.84. The molecule has 2 aliphatic rings. The van der Waals surface area contributed by atoms with Crippen molar-refractivity contribution in [1.29, 1.82) is 0 Å². The summed E-state index contributed by atoms with van der Waals surface area (Å²) in [4.78, 5) is 13.3. The number of hydrogen-bond donors (Lipinski definition) is 4. The summed E-state index contributed by atoms with van der Waals surface area (Å²) in [6, 6.07) is -0.481. The average Bonchev–Trinajstić information content (AvgIpc) is 2.32. The van der Waals surface area contributed by atoms with E-state index in [9.17, 15) is 20.1 Å². The van der Waals surface area contributed by atoms with E-state index in [0.29, 0.717) is 6.42 Å². The normalized spacial score (nSPS) is 35.1. The number of carbonyl (C=O) groups excluding carboxylic acids is 1.